The van der Waals surface area contributed by atoms with Gasteiger partial charge in [-0.15, -0.1) is 0 Å². The zero-order valence-electron chi connectivity index (χ0n) is 12.1. The first-order valence-electron chi connectivity index (χ1n) is 7.32. The van der Waals surface area contributed by atoms with Crippen molar-refractivity contribution in [2.75, 3.05) is 0 Å². The topological polar surface area (TPSA) is 95.4 Å². The third kappa shape index (κ3) is 4.36. The van der Waals surface area contributed by atoms with Gasteiger partial charge in [-0.3, -0.25) is 0 Å². The molecule has 0 aromatic heterocycles. The summed E-state index contributed by atoms with van der Waals surface area (Å²) in [6.45, 7) is 5.81. The number of ether oxygens (including phenoxy) is 1. The summed E-state index contributed by atoms with van der Waals surface area (Å²) >= 11 is 0. The van der Waals surface area contributed by atoms with Crippen molar-refractivity contribution in [1.29, 1.82) is 0 Å². The van der Waals surface area contributed by atoms with Crippen LogP contribution in [0.4, 0.5) is 0 Å². The number of azide groups is 1. The van der Waals surface area contributed by atoms with Gasteiger partial charge in [-0.25, -0.2) is 8.42 Å². The van der Waals surface area contributed by atoms with Gasteiger partial charge in [0, 0.05) is 9.43 Å². The molecule has 0 aromatic rings. The summed E-state index contributed by atoms with van der Waals surface area (Å²) in [5, 5.41) is 0. The molecule has 6 nitrogen and oxygen atoms in total. The van der Waals surface area contributed by atoms with Crippen molar-refractivity contribution in [2.45, 2.75) is 75.7 Å². The maximum absolute atomic E-state index is 11.8. The van der Waals surface area contributed by atoms with Crippen LogP contribution in [0.5, 0.6) is 0 Å². The zero-order valence-corrected chi connectivity index (χ0v) is 12.9. The molecule has 0 bridgehead atoms. The van der Waals surface area contributed by atoms with Gasteiger partial charge in [0.05, 0.1) is 0 Å². The molecule has 0 amide bonds. The summed E-state index contributed by atoms with van der Waals surface area (Å²) in [6, 6.07) is 0. The average Bonchev–Trinajstić information content (AvgIpc) is 3.05. The van der Waals surface area contributed by atoms with Gasteiger partial charge in [0.25, 0.3) is 10.0 Å². The molecule has 0 aromatic carbocycles. The second kappa shape index (κ2) is 7.86. The average molecular weight is 302 g/mol. The van der Waals surface area contributed by atoms with E-state index in [0.29, 0.717) is 6.42 Å². The first-order valence-corrected chi connectivity index (χ1v) is 8.76. The molecule has 0 N–H and O–H groups in total. The Morgan fingerprint density at radius 1 is 1.20 bits per heavy atom. The first kappa shape index (κ1) is 17.3. The van der Waals surface area contributed by atoms with E-state index in [1.807, 2.05) is 0 Å². The largest absolute Gasteiger partial charge is 0.349 e. The normalized spacial score (nSPS) is 25.2. The summed E-state index contributed by atoms with van der Waals surface area (Å²) in [6.07, 6.45) is 8.77. The summed E-state index contributed by atoms with van der Waals surface area (Å²) in [4.78, 5) is 1.00. The molecule has 2 unspecified atom stereocenters. The molecule has 0 aliphatic carbocycles. The van der Waals surface area contributed by atoms with Crippen molar-refractivity contribution in [3.8, 4) is 0 Å². The SMILES string of the molecule is [CH2]C1OC1(CCCCCCCCCC)S(=O)(=O)N=[N+]=[N-]. The Morgan fingerprint density at radius 2 is 1.70 bits per heavy atom. The number of sulfonamides is 1. The van der Waals surface area contributed by atoms with E-state index in [4.69, 9.17) is 10.3 Å². The smallest absolute Gasteiger partial charge is 0.267 e. The Morgan fingerprint density at radius 3 is 2.15 bits per heavy atom. The van der Waals surface area contributed by atoms with Crippen molar-refractivity contribution in [1.82, 2.24) is 0 Å². The van der Waals surface area contributed by atoms with Crippen LogP contribution in [0.2, 0.25) is 0 Å². The highest BCUT2D eigenvalue weighted by molar-refractivity contribution is 7.91. The summed E-state index contributed by atoms with van der Waals surface area (Å²) in [5.74, 6) is 0. The van der Waals surface area contributed by atoms with E-state index in [1.165, 1.54) is 32.1 Å². The van der Waals surface area contributed by atoms with E-state index < -0.39 is 21.1 Å². The van der Waals surface area contributed by atoms with Gasteiger partial charge in [0.1, 0.15) is 6.10 Å². The van der Waals surface area contributed by atoms with Crippen LogP contribution in [0.15, 0.2) is 4.52 Å². The third-order valence-electron chi connectivity index (χ3n) is 3.73. The maximum Gasteiger partial charge on any atom is 0.267 e. The molecule has 1 heterocycles. The van der Waals surface area contributed by atoms with Crippen molar-refractivity contribution < 1.29 is 13.2 Å². The molecule has 1 fully saturated rings. The Kier molecular flexibility index (Phi) is 6.79. The molecule has 0 spiro atoms. The van der Waals surface area contributed by atoms with Crippen molar-refractivity contribution in [3.05, 3.63) is 17.4 Å². The van der Waals surface area contributed by atoms with Gasteiger partial charge in [-0.2, -0.15) is 0 Å². The monoisotopic (exact) mass is 302 g/mol. The quantitative estimate of drug-likeness (QED) is 0.189. The number of nitrogens with zero attached hydrogens (tertiary/aromatic N) is 3. The minimum atomic E-state index is -3.93. The lowest BCUT2D eigenvalue weighted by Crippen LogP contribution is -2.24. The van der Waals surface area contributed by atoms with E-state index in [1.54, 1.807) is 0 Å². The van der Waals surface area contributed by atoms with Crippen LogP contribution >= 0.6 is 0 Å². The minimum absolute atomic E-state index is 0.359. The van der Waals surface area contributed by atoms with Gasteiger partial charge in [0.2, 0.25) is 4.93 Å². The maximum atomic E-state index is 11.8. The van der Waals surface area contributed by atoms with E-state index in [2.05, 4.69) is 23.3 Å². The third-order valence-corrected chi connectivity index (χ3v) is 5.46. The van der Waals surface area contributed by atoms with Crippen molar-refractivity contribution >= 4 is 10.0 Å². The fourth-order valence-electron chi connectivity index (χ4n) is 2.41. The van der Waals surface area contributed by atoms with Gasteiger partial charge in [-0.05, 0) is 25.3 Å². The second-order valence-electron chi connectivity index (χ2n) is 5.29. The highest BCUT2D eigenvalue weighted by Gasteiger charge is 2.63. The molecule has 7 heteroatoms. The molecular weight excluding hydrogens is 278 g/mol. The minimum Gasteiger partial charge on any atom is -0.349 e. The van der Waals surface area contributed by atoms with E-state index in [9.17, 15) is 8.42 Å². The Labute approximate surface area is 121 Å². The Hall–Kier alpha value is -0.780. The molecule has 1 radical (unpaired) electrons. The van der Waals surface area contributed by atoms with Crippen molar-refractivity contribution in [3.63, 3.8) is 0 Å². The van der Waals surface area contributed by atoms with Crippen LogP contribution in [0.3, 0.4) is 0 Å². The van der Waals surface area contributed by atoms with E-state index in [0.717, 1.165) is 19.3 Å². The van der Waals surface area contributed by atoms with E-state index in [-0.39, 0.29) is 0 Å². The molecule has 2 atom stereocenters. The van der Waals surface area contributed by atoms with Crippen molar-refractivity contribution in [2.24, 2.45) is 4.52 Å². The number of hydrogen-bond acceptors (Lipinski definition) is 3. The first-order chi connectivity index (χ1) is 9.50. The van der Waals surface area contributed by atoms with Gasteiger partial charge in [0.15, 0.2) is 0 Å². The lowest BCUT2D eigenvalue weighted by molar-refractivity contribution is 0.337. The van der Waals surface area contributed by atoms with Gasteiger partial charge in [-0.1, -0.05) is 51.9 Å². The predicted octanol–water partition coefficient (Wildman–Crippen LogP) is 4.09. The number of unbranched alkanes of at least 4 members (excludes halogenated alkanes) is 7. The van der Waals surface area contributed by atoms with Gasteiger partial charge >= 0.3 is 0 Å². The fraction of sp³-hybridized carbons (Fsp3) is 0.923. The molecule has 0 saturated carbocycles. The molecule has 115 valence electrons. The van der Waals surface area contributed by atoms with Crippen LogP contribution in [-0.4, -0.2) is 19.5 Å². The predicted molar refractivity (Wildman–Crippen MR) is 78.3 cm³/mol. The molecule has 1 aliphatic heterocycles. The van der Waals surface area contributed by atoms with Crippen LogP contribution < -0.4 is 0 Å². The van der Waals surface area contributed by atoms with Crippen LogP contribution in [-0.2, 0) is 14.8 Å². The van der Waals surface area contributed by atoms with Crippen LogP contribution in [0.25, 0.3) is 10.4 Å². The molecular formula is C13H24N3O3S. The lowest BCUT2D eigenvalue weighted by Gasteiger charge is -2.09. The fourth-order valence-corrected chi connectivity index (χ4v) is 3.61. The van der Waals surface area contributed by atoms with Gasteiger partial charge < -0.3 is 4.74 Å². The standard InChI is InChI=1S/C13H24N3O3S/c1-3-4-5-6-7-8-9-10-11-13(12(2)19-13)20(17,18)16-15-14/h12H,2-11H2,1H3. The summed E-state index contributed by atoms with van der Waals surface area (Å²) in [5.41, 5.74) is 8.29. The second-order valence-corrected chi connectivity index (χ2v) is 7.09. The highest BCUT2D eigenvalue weighted by Crippen LogP contribution is 2.46. The Balaban J connectivity index is 2.25. The summed E-state index contributed by atoms with van der Waals surface area (Å²) in [7, 11) is -3.93. The number of hydrogen-bond donors (Lipinski definition) is 0. The molecule has 1 aliphatic rings. The summed E-state index contributed by atoms with van der Waals surface area (Å²) < 4.78 is 31.6. The number of epoxide rings is 1. The Bertz CT molecular complexity index is 446. The van der Waals surface area contributed by atoms with E-state index >= 15 is 0 Å². The number of rotatable bonds is 11. The zero-order chi connectivity index (χ0) is 15.1. The molecule has 20 heavy (non-hydrogen) atoms. The lowest BCUT2D eigenvalue weighted by atomic mass is 10.1. The molecule has 1 rings (SSSR count). The van der Waals surface area contributed by atoms with Crippen LogP contribution in [0, 0.1) is 6.92 Å². The van der Waals surface area contributed by atoms with Crippen LogP contribution in [0.1, 0.15) is 64.7 Å². The highest BCUT2D eigenvalue weighted by atomic mass is 32.2. The molecule has 1 saturated heterocycles.